The third kappa shape index (κ3) is 5.82. The highest BCUT2D eigenvalue weighted by molar-refractivity contribution is 5.79. The maximum Gasteiger partial charge on any atom is 0.191 e. The molecule has 0 bridgehead atoms. The number of piperidine rings is 1. The number of aromatic nitrogens is 3. The Bertz CT molecular complexity index is 475. The van der Waals surface area contributed by atoms with Crippen molar-refractivity contribution < 1.29 is 0 Å². The van der Waals surface area contributed by atoms with Crippen LogP contribution >= 0.6 is 0 Å². The number of rotatable bonds is 7. The van der Waals surface area contributed by atoms with E-state index in [0.717, 1.165) is 37.2 Å². The zero-order valence-electron chi connectivity index (χ0n) is 14.8. The van der Waals surface area contributed by atoms with Gasteiger partial charge in [0.25, 0.3) is 0 Å². The lowest BCUT2D eigenvalue weighted by Gasteiger charge is -2.30. The van der Waals surface area contributed by atoms with E-state index in [-0.39, 0.29) is 0 Å². The number of guanidine groups is 1. The molecule has 0 unspecified atom stereocenters. The van der Waals surface area contributed by atoms with Crippen molar-refractivity contribution in [3.8, 4) is 0 Å². The van der Waals surface area contributed by atoms with Crippen LogP contribution in [0.25, 0.3) is 0 Å². The van der Waals surface area contributed by atoms with E-state index in [9.17, 15) is 0 Å². The summed E-state index contributed by atoms with van der Waals surface area (Å²) in [7, 11) is 1.80. The quantitative estimate of drug-likeness (QED) is 0.447. The van der Waals surface area contributed by atoms with E-state index in [1.807, 2.05) is 4.57 Å². The van der Waals surface area contributed by atoms with Crippen LogP contribution in [0, 0.1) is 5.92 Å². The maximum absolute atomic E-state index is 4.26. The van der Waals surface area contributed by atoms with Crippen LogP contribution in [0.4, 0.5) is 0 Å². The van der Waals surface area contributed by atoms with Gasteiger partial charge in [0.1, 0.15) is 6.33 Å². The molecule has 0 atom stereocenters. The predicted octanol–water partition coefficient (Wildman–Crippen LogP) is 1.09. The minimum absolute atomic E-state index is 0.636. The van der Waals surface area contributed by atoms with Crippen LogP contribution in [0.15, 0.2) is 11.3 Å². The smallest absolute Gasteiger partial charge is 0.191 e. The van der Waals surface area contributed by atoms with Crippen molar-refractivity contribution in [2.75, 3.05) is 33.2 Å². The first kappa shape index (κ1) is 17.7. The summed E-state index contributed by atoms with van der Waals surface area (Å²) in [6.07, 6.45) is 5.58. The van der Waals surface area contributed by atoms with Gasteiger partial charge in [-0.2, -0.15) is 0 Å². The molecule has 0 saturated carbocycles. The molecule has 1 aromatic rings. The molecule has 2 rings (SSSR count). The summed E-state index contributed by atoms with van der Waals surface area (Å²) in [5.41, 5.74) is 0. The van der Waals surface area contributed by atoms with Crippen molar-refractivity contribution in [3.05, 3.63) is 12.2 Å². The Hall–Kier alpha value is -1.63. The van der Waals surface area contributed by atoms with Crippen LogP contribution in [0.3, 0.4) is 0 Å². The number of hydrogen-bond donors (Lipinski definition) is 2. The van der Waals surface area contributed by atoms with E-state index in [1.165, 1.54) is 32.5 Å². The van der Waals surface area contributed by atoms with E-state index >= 15 is 0 Å². The fourth-order valence-corrected chi connectivity index (χ4v) is 2.86. The summed E-state index contributed by atoms with van der Waals surface area (Å²) in [6.45, 7) is 10.6. The molecular formula is C16H31N7. The van der Waals surface area contributed by atoms with E-state index in [0.29, 0.717) is 6.54 Å². The molecule has 0 radical (unpaired) electrons. The highest BCUT2D eigenvalue weighted by Gasteiger charge is 2.14. The molecule has 2 N–H and O–H groups in total. The Morgan fingerprint density at radius 1 is 1.35 bits per heavy atom. The van der Waals surface area contributed by atoms with Crippen LogP contribution in [-0.2, 0) is 13.1 Å². The summed E-state index contributed by atoms with van der Waals surface area (Å²) in [5.74, 6) is 2.65. The van der Waals surface area contributed by atoms with E-state index < -0.39 is 0 Å². The summed E-state index contributed by atoms with van der Waals surface area (Å²) >= 11 is 0. The van der Waals surface area contributed by atoms with Crippen molar-refractivity contribution in [1.29, 1.82) is 0 Å². The van der Waals surface area contributed by atoms with Crippen molar-refractivity contribution in [1.82, 2.24) is 30.3 Å². The van der Waals surface area contributed by atoms with Gasteiger partial charge in [-0.05, 0) is 51.7 Å². The molecule has 130 valence electrons. The molecule has 0 aliphatic carbocycles. The third-order valence-corrected chi connectivity index (χ3v) is 4.49. The molecular weight excluding hydrogens is 290 g/mol. The Morgan fingerprint density at radius 2 is 2.13 bits per heavy atom. The monoisotopic (exact) mass is 321 g/mol. The molecule has 7 heteroatoms. The van der Waals surface area contributed by atoms with Crippen molar-refractivity contribution >= 4 is 5.96 Å². The number of hydrogen-bond acceptors (Lipinski definition) is 4. The van der Waals surface area contributed by atoms with Crippen molar-refractivity contribution in [2.24, 2.45) is 10.9 Å². The Morgan fingerprint density at radius 3 is 2.83 bits per heavy atom. The summed E-state index contributed by atoms with van der Waals surface area (Å²) in [6, 6.07) is 0. The third-order valence-electron chi connectivity index (χ3n) is 4.49. The molecule has 1 saturated heterocycles. The second kappa shape index (κ2) is 9.50. The molecule has 0 amide bonds. The van der Waals surface area contributed by atoms with Gasteiger partial charge in [0.05, 0.1) is 6.54 Å². The first-order valence-electron chi connectivity index (χ1n) is 8.76. The lowest BCUT2D eigenvalue weighted by atomic mass is 9.99. The van der Waals surface area contributed by atoms with Crippen molar-refractivity contribution in [3.63, 3.8) is 0 Å². The van der Waals surface area contributed by atoms with Crippen LogP contribution < -0.4 is 10.6 Å². The number of aryl methyl sites for hydroxylation is 1. The molecule has 2 heterocycles. The molecule has 1 fully saturated rings. The molecule has 1 aliphatic rings. The average molecular weight is 321 g/mol. The van der Waals surface area contributed by atoms with Crippen molar-refractivity contribution in [2.45, 2.75) is 46.2 Å². The van der Waals surface area contributed by atoms with E-state index in [2.05, 4.69) is 44.6 Å². The second-order valence-corrected chi connectivity index (χ2v) is 6.26. The maximum atomic E-state index is 4.26. The standard InChI is InChI=1S/C16H31N7/c1-4-23-13-20-21-15(23)12-19-16(17-3)18-8-5-9-22-10-6-14(2)7-11-22/h13-14H,4-12H2,1-3H3,(H2,17,18,19). The SMILES string of the molecule is CCn1cnnc1CNC(=NC)NCCCN1CCC(C)CC1. The molecule has 1 aromatic heterocycles. The Kier molecular flexibility index (Phi) is 7.32. The predicted molar refractivity (Wildman–Crippen MR) is 93.4 cm³/mol. The van der Waals surface area contributed by atoms with Gasteiger partial charge in [-0.1, -0.05) is 6.92 Å². The zero-order chi connectivity index (χ0) is 16.5. The van der Waals surface area contributed by atoms with Gasteiger partial charge >= 0.3 is 0 Å². The normalized spacial score (nSPS) is 17.4. The lowest BCUT2D eigenvalue weighted by molar-refractivity contribution is 0.191. The summed E-state index contributed by atoms with van der Waals surface area (Å²) in [4.78, 5) is 6.83. The van der Waals surface area contributed by atoms with Crippen LogP contribution in [-0.4, -0.2) is 58.9 Å². The van der Waals surface area contributed by atoms with Gasteiger partial charge in [-0.15, -0.1) is 10.2 Å². The minimum atomic E-state index is 0.636. The van der Waals surface area contributed by atoms with E-state index in [4.69, 9.17) is 0 Å². The molecule has 1 aliphatic heterocycles. The summed E-state index contributed by atoms with van der Waals surface area (Å²) in [5, 5.41) is 14.7. The molecule has 7 nitrogen and oxygen atoms in total. The highest BCUT2D eigenvalue weighted by Crippen LogP contribution is 2.15. The van der Waals surface area contributed by atoms with Crippen LogP contribution in [0.2, 0.25) is 0 Å². The fourth-order valence-electron chi connectivity index (χ4n) is 2.86. The highest BCUT2D eigenvalue weighted by atomic mass is 15.3. The number of nitrogens with one attached hydrogen (secondary N) is 2. The minimum Gasteiger partial charge on any atom is -0.356 e. The van der Waals surface area contributed by atoms with E-state index in [1.54, 1.807) is 13.4 Å². The van der Waals surface area contributed by atoms with Crippen LogP contribution in [0.1, 0.15) is 38.9 Å². The molecule has 0 aromatic carbocycles. The number of aliphatic imine (C=N–C) groups is 1. The van der Waals surface area contributed by atoms with Gasteiger partial charge in [-0.3, -0.25) is 4.99 Å². The van der Waals surface area contributed by atoms with Gasteiger partial charge < -0.3 is 20.1 Å². The average Bonchev–Trinajstić information content (AvgIpc) is 3.03. The van der Waals surface area contributed by atoms with Crippen LogP contribution in [0.5, 0.6) is 0 Å². The van der Waals surface area contributed by atoms with Gasteiger partial charge in [0.2, 0.25) is 0 Å². The lowest BCUT2D eigenvalue weighted by Crippen LogP contribution is -2.39. The topological polar surface area (TPSA) is 70.4 Å². The number of likely N-dealkylation sites (tertiary alicyclic amines) is 1. The molecule has 23 heavy (non-hydrogen) atoms. The summed E-state index contributed by atoms with van der Waals surface area (Å²) < 4.78 is 2.03. The largest absolute Gasteiger partial charge is 0.356 e. The zero-order valence-corrected chi connectivity index (χ0v) is 14.8. The first-order chi connectivity index (χ1) is 11.2. The first-order valence-corrected chi connectivity index (χ1v) is 8.76. The Balaban J connectivity index is 1.61. The van der Waals surface area contributed by atoms with Gasteiger partial charge in [0.15, 0.2) is 11.8 Å². The van der Waals surface area contributed by atoms with Gasteiger partial charge in [0, 0.05) is 20.1 Å². The van der Waals surface area contributed by atoms with Gasteiger partial charge in [-0.25, -0.2) is 0 Å². The Labute approximate surface area is 139 Å². The number of nitrogens with zero attached hydrogens (tertiary/aromatic N) is 5. The second-order valence-electron chi connectivity index (χ2n) is 6.26. The molecule has 0 spiro atoms. The fraction of sp³-hybridized carbons (Fsp3) is 0.812.